The predicted molar refractivity (Wildman–Crippen MR) is 83.3 cm³/mol. The molecule has 92 valence electrons. The second-order valence-electron chi connectivity index (χ2n) is 3.96. The van der Waals surface area contributed by atoms with Crippen molar-refractivity contribution in [3.63, 3.8) is 0 Å². The van der Waals surface area contributed by atoms with Crippen molar-refractivity contribution in [3.05, 3.63) is 51.6 Å². The van der Waals surface area contributed by atoms with Gasteiger partial charge in [0.1, 0.15) is 0 Å². The molecular formula is C14H13IN2O. The number of anilines is 3. The van der Waals surface area contributed by atoms with Crippen molar-refractivity contribution in [1.82, 2.24) is 0 Å². The Labute approximate surface area is 120 Å². The number of nitrogens with one attached hydrogen (secondary N) is 1. The lowest BCUT2D eigenvalue weighted by Crippen LogP contribution is -2.01. The fourth-order valence-corrected chi connectivity index (χ4v) is 2.20. The lowest BCUT2D eigenvalue weighted by atomic mass is 10.1. The third kappa shape index (κ3) is 2.81. The summed E-state index contributed by atoms with van der Waals surface area (Å²) in [4.78, 5) is 11.3. The van der Waals surface area contributed by atoms with Crippen molar-refractivity contribution in [2.75, 3.05) is 11.1 Å². The van der Waals surface area contributed by atoms with E-state index < -0.39 is 0 Å². The number of carbonyl (C=O) groups excluding carboxylic acids is 1. The summed E-state index contributed by atoms with van der Waals surface area (Å²) in [7, 11) is 0. The molecule has 0 radical (unpaired) electrons. The van der Waals surface area contributed by atoms with E-state index in [0.717, 1.165) is 14.9 Å². The molecule has 0 bridgehead atoms. The molecule has 0 spiro atoms. The number of rotatable bonds is 3. The standard InChI is InChI=1S/C14H13IN2O/c1-9(18)11-7-6-10(8-13(11)16)17-14-5-3-2-4-12(14)15/h2-8,17H,16H2,1H3. The molecule has 2 aromatic carbocycles. The Kier molecular flexibility index (Phi) is 3.86. The van der Waals surface area contributed by atoms with Gasteiger partial charge in [-0.05, 0) is 59.8 Å². The Morgan fingerprint density at radius 1 is 1.22 bits per heavy atom. The Bertz CT molecular complexity index is 596. The molecule has 3 nitrogen and oxygen atoms in total. The second kappa shape index (κ2) is 5.39. The minimum Gasteiger partial charge on any atom is -0.398 e. The van der Waals surface area contributed by atoms with Crippen LogP contribution in [0.5, 0.6) is 0 Å². The normalized spacial score (nSPS) is 10.1. The monoisotopic (exact) mass is 352 g/mol. The van der Waals surface area contributed by atoms with Crippen molar-refractivity contribution in [2.24, 2.45) is 0 Å². The van der Waals surface area contributed by atoms with Crippen LogP contribution in [0.25, 0.3) is 0 Å². The number of hydrogen-bond donors (Lipinski definition) is 2. The number of benzene rings is 2. The zero-order valence-electron chi connectivity index (χ0n) is 9.91. The zero-order valence-corrected chi connectivity index (χ0v) is 12.1. The minimum atomic E-state index is -0.0201. The summed E-state index contributed by atoms with van der Waals surface area (Å²) in [6, 6.07) is 13.4. The van der Waals surface area contributed by atoms with Gasteiger partial charge in [-0.1, -0.05) is 12.1 Å². The van der Waals surface area contributed by atoms with Crippen LogP contribution in [0.1, 0.15) is 17.3 Å². The van der Waals surface area contributed by atoms with Gasteiger partial charge in [-0.2, -0.15) is 0 Å². The van der Waals surface area contributed by atoms with Crippen LogP contribution in [-0.2, 0) is 0 Å². The lowest BCUT2D eigenvalue weighted by molar-refractivity contribution is 0.101. The van der Waals surface area contributed by atoms with E-state index in [0.29, 0.717) is 11.3 Å². The lowest BCUT2D eigenvalue weighted by Gasteiger charge is -2.10. The number of Topliss-reactive ketones (excluding diaryl/α,β-unsaturated/α-hetero) is 1. The number of carbonyl (C=O) groups is 1. The maximum atomic E-state index is 11.3. The summed E-state index contributed by atoms with van der Waals surface area (Å²) in [5.41, 5.74) is 8.81. The zero-order chi connectivity index (χ0) is 13.1. The van der Waals surface area contributed by atoms with E-state index >= 15 is 0 Å². The minimum absolute atomic E-state index is 0.0201. The van der Waals surface area contributed by atoms with Crippen molar-refractivity contribution < 1.29 is 4.79 Å². The highest BCUT2D eigenvalue weighted by atomic mass is 127. The summed E-state index contributed by atoms with van der Waals surface area (Å²) in [5.74, 6) is -0.0201. The molecule has 2 aromatic rings. The fourth-order valence-electron chi connectivity index (χ4n) is 1.68. The van der Waals surface area contributed by atoms with Crippen molar-refractivity contribution in [1.29, 1.82) is 0 Å². The quantitative estimate of drug-likeness (QED) is 0.502. The molecule has 3 N–H and O–H groups in total. The average molecular weight is 352 g/mol. The van der Waals surface area contributed by atoms with Crippen molar-refractivity contribution in [2.45, 2.75) is 6.92 Å². The highest BCUT2D eigenvalue weighted by molar-refractivity contribution is 14.1. The summed E-state index contributed by atoms with van der Waals surface area (Å²) < 4.78 is 1.13. The molecule has 0 saturated carbocycles. The molecule has 0 fully saturated rings. The molecule has 2 rings (SSSR count). The van der Waals surface area contributed by atoms with Gasteiger partial charge in [0.25, 0.3) is 0 Å². The van der Waals surface area contributed by atoms with Gasteiger partial charge in [-0.25, -0.2) is 0 Å². The maximum absolute atomic E-state index is 11.3. The summed E-state index contributed by atoms with van der Waals surface area (Å²) in [6.07, 6.45) is 0. The van der Waals surface area contributed by atoms with Crippen molar-refractivity contribution in [3.8, 4) is 0 Å². The molecule has 18 heavy (non-hydrogen) atoms. The van der Waals surface area contributed by atoms with Gasteiger partial charge in [0, 0.05) is 20.5 Å². The number of nitrogen functional groups attached to an aromatic ring is 1. The number of nitrogens with two attached hydrogens (primary N) is 1. The van der Waals surface area contributed by atoms with E-state index in [9.17, 15) is 4.79 Å². The Morgan fingerprint density at radius 3 is 2.56 bits per heavy atom. The topological polar surface area (TPSA) is 55.1 Å². The van der Waals surface area contributed by atoms with Crippen LogP contribution in [-0.4, -0.2) is 5.78 Å². The molecule has 0 aliphatic carbocycles. The van der Waals surface area contributed by atoms with Gasteiger partial charge in [0.05, 0.1) is 5.69 Å². The van der Waals surface area contributed by atoms with Gasteiger partial charge in [0.2, 0.25) is 0 Å². The molecule has 4 heteroatoms. The molecule has 0 unspecified atom stereocenters. The third-order valence-corrected chi connectivity index (χ3v) is 3.52. The molecule has 0 saturated heterocycles. The SMILES string of the molecule is CC(=O)c1ccc(Nc2ccccc2I)cc1N. The maximum Gasteiger partial charge on any atom is 0.161 e. The number of hydrogen-bond acceptors (Lipinski definition) is 3. The number of para-hydroxylation sites is 1. The van der Waals surface area contributed by atoms with Crippen LogP contribution in [0.2, 0.25) is 0 Å². The van der Waals surface area contributed by atoms with E-state index in [2.05, 4.69) is 27.9 Å². The van der Waals surface area contributed by atoms with Gasteiger partial charge in [0.15, 0.2) is 5.78 Å². The van der Waals surface area contributed by atoms with Gasteiger partial charge in [-0.3, -0.25) is 4.79 Å². The molecule has 0 aliphatic rings. The van der Waals surface area contributed by atoms with Crippen LogP contribution in [0.3, 0.4) is 0 Å². The Balaban J connectivity index is 2.29. The first-order chi connectivity index (χ1) is 8.58. The molecule has 0 heterocycles. The number of ketones is 1. The molecule has 0 aromatic heterocycles. The van der Waals surface area contributed by atoms with Gasteiger partial charge >= 0.3 is 0 Å². The van der Waals surface area contributed by atoms with Crippen molar-refractivity contribution >= 4 is 45.4 Å². The first-order valence-electron chi connectivity index (χ1n) is 5.50. The van der Waals surface area contributed by atoms with Crippen LogP contribution in [0, 0.1) is 3.57 Å². The Morgan fingerprint density at radius 2 is 1.94 bits per heavy atom. The molecule has 0 amide bonds. The largest absolute Gasteiger partial charge is 0.398 e. The summed E-state index contributed by atoms with van der Waals surface area (Å²) in [5, 5.41) is 3.28. The second-order valence-corrected chi connectivity index (χ2v) is 5.13. The van der Waals surface area contributed by atoms with Crippen LogP contribution < -0.4 is 11.1 Å². The molecule has 0 aliphatic heterocycles. The van der Waals surface area contributed by atoms with E-state index in [-0.39, 0.29) is 5.78 Å². The molecule has 0 atom stereocenters. The third-order valence-electron chi connectivity index (χ3n) is 2.58. The highest BCUT2D eigenvalue weighted by Gasteiger charge is 2.06. The van der Waals surface area contributed by atoms with E-state index in [4.69, 9.17) is 5.73 Å². The fraction of sp³-hybridized carbons (Fsp3) is 0.0714. The number of halogens is 1. The Hall–Kier alpha value is -1.56. The van der Waals surface area contributed by atoms with Crippen LogP contribution in [0.15, 0.2) is 42.5 Å². The summed E-state index contributed by atoms with van der Waals surface area (Å²) >= 11 is 2.27. The van der Waals surface area contributed by atoms with E-state index in [1.165, 1.54) is 6.92 Å². The summed E-state index contributed by atoms with van der Waals surface area (Å²) in [6.45, 7) is 1.51. The van der Waals surface area contributed by atoms with Gasteiger partial charge in [-0.15, -0.1) is 0 Å². The van der Waals surface area contributed by atoms with E-state index in [1.807, 2.05) is 30.3 Å². The highest BCUT2D eigenvalue weighted by Crippen LogP contribution is 2.25. The first-order valence-corrected chi connectivity index (χ1v) is 6.58. The van der Waals surface area contributed by atoms with Crippen LogP contribution in [0.4, 0.5) is 17.1 Å². The van der Waals surface area contributed by atoms with Crippen LogP contribution >= 0.6 is 22.6 Å². The average Bonchev–Trinajstić information content (AvgIpc) is 2.32. The molecular weight excluding hydrogens is 339 g/mol. The predicted octanol–water partition coefficient (Wildman–Crippen LogP) is 3.82. The van der Waals surface area contributed by atoms with Gasteiger partial charge < -0.3 is 11.1 Å². The van der Waals surface area contributed by atoms with E-state index in [1.54, 1.807) is 12.1 Å². The first kappa shape index (κ1) is 12.9. The smallest absolute Gasteiger partial charge is 0.161 e.